The van der Waals surface area contributed by atoms with Crippen molar-refractivity contribution in [2.24, 2.45) is 0 Å². The largest absolute Gasteiger partial charge is 0.493 e. The Labute approximate surface area is 127 Å². The van der Waals surface area contributed by atoms with Crippen LogP contribution >= 0.6 is 0 Å². The average molecular weight is 289 g/mol. The third-order valence-electron chi connectivity index (χ3n) is 5.40. The number of hydrogen-bond donors (Lipinski definition) is 1. The van der Waals surface area contributed by atoms with Crippen molar-refractivity contribution >= 4 is 0 Å². The molecule has 0 spiro atoms. The summed E-state index contributed by atoms with van der Waals surface area (Å²) in [5.41, 5.74) is 2.24. The Kier molecular flexibility index (Phi) is 4.23. The molecule has 1 aromatic carbocycles. The highest BCUT2D eigenvalue weighted by atomic mass is 16.5. The molecule has 1 saturated carbocycles. The zero-order chi connectivity index (χ0) is 14.9. The molecule has 0 amide bonds. The van der Waals surface area contributed by atoms with Gasteiger partial charge < -0.3 is 9.84 Å². The van der Waals surface area contributed by atoms with Crippen LogP contribution in [0.5, 0.6) is 5.75 Å². The maximum absolute atomic E-state index is 11.2. The fourth-order valence-corrected chi connectivity index (χ4v) is 4.29. The smallest absolute Gasteiger partial charge is 0.122 e. The molecule has 1 aliphatic heterocycles. The number of benzene rings is 1. The lowest BCUT2D eigenvalue weighted by Crippen LogP contribution is -2.51. The molecule has 1 fully saturated rings. The fraction of sp³-hybridized carbons (Fsp3) is 0.667. The molecule has 1 atom stereocenters. The standard InChI is InChI=1S/C18H27NO2/c1-3-19(4-2)18(10-5-6-11-18)17(20)15-7-8-16-14(13-15)9-12-21-16/h7-8,13,17,20H,3-6,9-12H2,1-2H3. The summed E-state index contributed by atoms with van der Waals surface area (Å²) >= 11 is 0. The second-order valence-electron chi connectivity index (χ2n) is 6.35. The number of nitrogens with zero attached hydrogens (tertiary/aromatic N) is 1. The molecule has 0 saturated heterocycles. The molecule has 1 unspecified atom stereocenters. The maximum atomic E-state index is 11.2. The van der Waals surface area contributed by atoms with Gasteiger partial charge in [0.2, 0.25) is 0 Å². The quantitative estimate of drug-likeness (QED) is 0.902. The third-order valence-corrected chi connectivity index (χ3v) is 5.40. The molecule has 3 nitrogen and oxygen atoms in total. The van der Waals surface area contributed by atoms with Crippen LogP contribution in [-0.2, 0) is 6.42 Å². The molecule has 0 radical (unpaired) electrons. The minimum Gasteiger partial charge on any atom is -0.493 e. The number of ether oxygens (including phenoxy) is 1. The summed E-state index contributed by atoms with van der Waals surface area (Å²) in [6.07, 6.45) is 5.22. The molecule has 1 aromatic rings. The number of rotatable bonds is 5. The van der Waals surface area contributed by atoms with Crippen LogP contribution in [0.25, 0.3) is 0 Å². The first kappa shape index (κ1) is 14.9. The normalized spacial score (nSPS) is 21.3. The molecule has 1 aliphatic carbocycles. The molecule has 0 bridgehead atoms. The van der Waals surface area contributed by atoms with Gasteiger partial charge in [0, 0.05) is 6.42 Å². The molecule has 21 heavy (non-hydrogen) atoms. The van der Waals surface area contributed by atoms with Crippen molar-refractivity contribution in [3.8, 4) is 5.75 Å². The van der Waals surface area contributed by atoms with E-state index in [9.17, 15) is 5.11 Å². The van der Waals surface area contributed by atoms with Crippen molar-refractivity contribution in [3.63, 3.8) is 0 Å². The van der Waals surface area contributed by atoms with Crippen LogP contribution in [0, 0.1) is 0 Å². The van der Waals surface area contributed by atoms with Gasteiger partial charge in [0.25, 0.3) is 0 Å². The van der Waals surface area contributed by atoms with Crippen LogP contribution in [-0.4, -0.2) is 35.2 Å². The minimum atomic E-state index is -0.397. The van der Waals surface area contributed by atoms with E-state index in [0.717, 1.165) is 50.3 Å². The molecule has 116 valence electrons. The number of aliphatic hydroxyl groups excluding tert-OH is 1. The predicted molar refractivity (Wildman–Crippen MR) is 84.7 cm³/mol. The van der Waals surface area contributed by atoms with Gasteiger partial charge in [0.05, 0.1) is 18.2 Å². The molecule has 3 rings (SSSR count). The minimum absolute atomic E-state index is 0.0722. The van der Waals surface area contributed by atoms with E-state index < -0.39 is 6.10 Å². The van der Waals surface area contributed by atoms with Gasteiger partial charge in [-0.25, -0.2) is 0 Å². The van der Waals surface area contributed by atoms with Crippen molar-refractivity contribution in [3.05, 3.63) is 29.3 Å². The van der Waals surface area contributed by atoms with Gasteiger partial charge >= 0.3 is 0 Å². The van der Waals surface area contributed by atoms with Crippen LogP contribution in [0.15, 0.2) is 18.2 Å². The Bertz CT molecular complexity index is 490. The van der Waals surface area contributed by atoms with Gasteiger partial charge in [0.15, 0.2) is 0 Å². The average Bonchev–Trinajstić information content (AvgIpc) is 3.16. The molecular weight excluding hydrogens is 262 g/mol. The van der Waals surface area contributed by atoms with E-state index in [4.69, 9.17) is 4.74 Å². The van der Waals surface area contributed by atoms with E-state index in [2.05, 4.69) is 30.9 Å². The van der Waals surface area contributed by atoms with Crippen molar-refractivity contribution in [1.82, 2.24) is 4.90 Å². The van der Waals surface area contributed by atoms with E-state index in [1.165, 1.54) is 18.4 Å². The van der Waals surface area contributed by atoms with Gasteiger partial charge in [-0.15, -0.1) is 0 Å². The SMILES string of the molecule is CCN(CC)C1(C(O)c2ccc3c(c2)CCO3)CCCC1. The summed E-state index contributed by atoms with van der Waals surface area (Å²) in [5, 5.41) is 11.2. The highest BCUT2D eigenvalue weighted by Crippen LogP contribution is 2.45. The van der Waals surface area contributed by atoms with Crippen molar-refractivity contribution in [1.29, 1.82) is 0 Å². The second kappa shape index (κ2) is 5.98. The van der Waals surface area contributed by atoms with Crippen molar-refractivity contribution in [2.75, 3.05) is 19.7 Å². The molecule has 2 aliphatic rings. The molecular formula is C18H27NO2. The van der Waals surface area contributed by atoms with Crippen LogP contribution in [0.2, 0.25) is 0 Å². The first-order valence-electron chi connectivity index (χ1n) is 8.40. The Morgan fingerprint density at radius 3 is 2.62 bits per heavy atom. The Balaban J connectivity index is 1.92. The first-order valence-corrected chi connectivity index (χ1v) is 8.40. The number of aliphatic hydroxyl groups is 1. The number of likely N-dealkylation sites (N-methyl/N-ethyl adjacent to an activating group) is 1. The topological polar surface area (TPSA) is 32.7 Å². The Morgan fingerprint density at radius 1 is 1.24 bits per heavy atom. The number of hydrogen-bond acceptors (Lipinski definition) is 3. The van der Waals surface area contributed by atoms with E-state index >= 15 is 0 Å². The summed E-state index contributed by atoms with van der Waals surface area (Å²) in [6.45, 7) is 7.18. The van der Waals surface area contributed by atoms with Gasteiger partial charge in [-0.2, -0.15) is 0 Å². The summed E-state index contributed by atoms with van der Waals surface area (Å²) in [7, 11) is 0. The van der Waals surface area contributed by atoms with Gasteiger partial charge in [-0.3, -0.25) is 4.90 Å². The lowest BCUT2D eigenvalue weighted by molar-refractivity contribution is -0.0269. The zero-order valence-corrected chi connectivity index (χ0v) is 13.3. The highest BCUT2D eigenvalue weighted by Gasteiger charge is 2.45. The lowest BCUT2D eigenvalue weighted by atomic mass is 9.83. The van der Waals surface area contributed by atoms with Crippen LogP contribution in [0.1, 0.15) is 56.8 Å². The third kappa shape index (κ3) is 2.47. The van der Waals surface area contributed by atoms with Crippen molar-refractivity contribution in [2.45, 2.75) is 57.6 Å². The molecule has 1 N–H and O–H groups in total. The van der Waals surface area contributed by atoms with E-state index in [1.54, 1.807) is 0 Å². The molecule has 3 heteroatoms. The lowest BCUT2D eigenvalue weighted by Gasteiger charge is -2.44. The van der Waals surface area contributed by atoms with Crippen LogP contribution < -0.4 is 4.74 Å². The molecule has 1 heterocycles. The second-order valence-corrected chi connectivity index (χ2v) is 6.35. The molecule has 0 aromatic heterocycles. The number of fused-ring (bicyclic) bond motifs is 1. The van der Waals surface area contributed by atoms with Gasteiger partial charge in [-0.1, -0.05) is 32.8 Å². The van der Waals surface area contributed by atoms with E-state index in [-0.39, 0.29) is 5.54 Å². The fourth-order valence-electron chi connectivity index (χ4n) is 4.29. The van der Waals surface area contributed by atoms with Crippen LogP contribution in [0.3, 0.4) is 0 Å². The zero-order valence-electron chi connectivity index (χ0n) is 13.3. The van der Waals surface area contributed by atoms with Gasteiger partial charge in [-0.05, 0) is 49.2 Å². The van der Waals surface area contributed by atoms with E-state index in [0.29, 0.717) is 0 Å². The summed E-state index contributed by atoms with van der Waals surface area (Å²) in [5.74, 6) is 0.995. The first-order chi connectivity index (χ1) is 10.2. The van der Waals surface area contributed by atoms with E-state index in [1.807, 2.05) is 6.07 Å². The maximum Gasteiger partial charge on any atom is 0.122 e. The predicted octanol–water partition coefficient (Wildman–Crippen LogP) is 3.31. The van der Waals surface area contributed by atoms with Crippen molar-refractivity contribution < 1.29 is 9.84 Å². The Morgan fingerprint density at radius 2 is 1.95 bits per heavy atom. The summed E-state index contributed by atoms with van der Waals surface area (Å²) in [4.78, 5) is 2.47. The monoisotopic (exact) mass is 289 g/mol. The summed E-state index contributed by atoms with van der Waals surface area (Å²) < 4.78 is 5.58. The summed E-state index contributed by atoms with van der Waals surface area (Å²) in [6, 6.07) is 6.25. The Hall–Kier alpha value is -1.06. The van der Waals surface area contributed by atoms with Gasteiger partial charge in [0.1, 0.15) is 5.75 Å². The van der Waals surface area contributed by atoms with Crippen LogP contribution in [0.4, 0.5) is 0 Å². The highest BCUT2D eigenvalue weighted by molar-refractivity contribution is 5.41.